The monoisotopic (exact) mass is 472 g/mol. The Balaban J connectivity index is 0.00000338. The van der Waals surface area contributed by atoms with E-state index in [1.54, 1.807) is 26.3 Å². The minimum absolute atomic E-state index is 0. The Labute approximate surface area is 170 Å². The number of halogens is 1. The molecule has 0 radical (unpaired) electrons. The summed E-state index contributed by atoms with van der Waals surface area (Å²) in [5, 5.41) is 9.27. The van der Waals surface area contributed by atoms with Crippen molar-refractivity contribution in [3.05, 3.63) is 54.0 Å². The quantitative estimate of drug-likeness (QED) is 0.238. The van der Waals surface area contributed by atoms with E-state index in [1.807, 2.05) is 24.3 Å². The van der Waals surface area contributed by atoms with E-state index in [0.29, 0.717) is 18.8 Å². The lowest BCUT2D eigenvalue weighted by Gasteiger charge is -2.12. The van der Waals surface area contributed by atoms with Crippen molar-refractivity contribution in [2.75, 3.05) is 32.6 Å². The number of hydrogen-bond acceptors (Lipinski definition) is 4. The Hall–Kier alpha value is -2.07. The normalized spacial score (nSPS) is 10.8. The van der Waals surface area contributed by atoms with Crippen LogP contribution in [-0.4, -0.2) is 39.2 Å². The van der Waals surface area contributed by atoms with Crippen molar-refractivity contribution in [3.8, 4) is 0 Å². The van der Waals surface area contributed by atoms with Crippen molar-refractivity contribution >= 4 is 41.5 Å². The zero-order valence-corrected chi connectivity index (χ0v) is 17.3. The maximum Gasteiger partial charge on any atom is 0.291 e. The topological polar surface area (TPSA) is 87.9 Å². The Bertz CT molecular complexity index is 690. The number of carbonyl (C=O) groups excluding carboxylic acids is 1. The third-order valence-corrected chi connectivity index (χ3v) is 3.43. The van der Waals surface area contributed by atoms with E-state index in [-0.39, 0.29) is 35.6 Å². The zero-order valence-electron chi connectivity index (χ0n) is 15.0. The van der Waals surface area contributed by atoms with E-state index >= 15 is 0 Å². The highest BCUT2D eigenvalue weighted by Crippen LogP contribution is 2.12. The van der Waals surface area contributed by atoms with Gasteiger partial charge in [0.1, 0.15) is 0 Å². The van der Waals surface area contributed by atoms with Gasteiger partial charge in [0.2, 0.25) is 0 Å². The number of furan rings is 1. The standard InChI is InChI=1S/C18H24N4O3.HI/c1-19-18(20-9-5-10-24-2)21-13-14-6-3-7-15(12-14)22-17(23)16-8-4-11-25-16;/h3-4,6-8,11-12H,5,9-10,13H2,1-2H3,(H,22,23)(H2,19,20,21);1H. The number of carbonyl (C=O) groups is 1. The van der Waals surface area contributed by atoms with Crippen molar-refractivity contribution in [3.63, 3.8) is 0 Å². The number of aliphatic imine (C=N–C) groups is 1. The second-order valence-electron chi connectivity index (χ2n) is 5.33. The molecule has 0 atom stereocenters. The van der Waals surface area contributed by atoms with Crippen LogP contribution in [0.2, 0.25) is 0 Å². The van der Waals surface area contributed by atoms with Gasteiger partial charge in [-0.05, 0) is 36.2 Å². The Morgan fingerprint density at radius 3 is 2.77 bits per heavy atom. The first-order valence-electron chi connectivity index (χ1n) is 8.10. The number of methoxy groups -OCH3 is 1. The predicted octanol–water partition coefficient (Wildman–Crippen LogP) is 2.85. The third-order valence-electron chi connectivity index (χ3n) is 3.43. The molecule has 0 spiro atoms. The molecule has 142 valence electrons. The molecule has 2 aromatic rings. The van der Waals surface area contributed by atoms with E-state index in [4.69, 9.17) is 9.15 Å². The van der Waals surface area contributed by atoms with Crippen LogP contribution >= 0.6 is 24.0 Å². The fourth-order valence-corrected chi connectivity index (χ4v) is 2.19. The van der Waals surface area contributed by atoms with Gasteiger partial charge in [0.25, 0.3) is 5.91 Å². The van der Waals surface area contributed by atoms with Crippen LogP contribution < -0.4 is 16.0 Å². The summed E-state index contributed by atoms with van der Waals surface area (Å²) in [5.74, 6) is 0.732. The molecule has 0 aliphatic heterocycles. The summed E-state index contributed by atoms with van der Waals surface area (Å²) in [6.07, 6.45) is 2.38. The molecule has 0 bridgehead atoms. The number of rotatable bonds is 8. The molecule has 7 nitrogen and oxygen atoms in total. The zero-order chi connectivity index (χ0) is 17.9. The van der Waals surface area contributed by atoms with Crippen molar-refractivity contribution in [2.45, 2.75) is 13.0 Å². The van der Waals surface area contributed by atoms with Gasteiger partial charge in [0.15, 0.2) is 11.7 Å². The van der Waals surface area contributed by atoms with Gasteiger partial charge in [-0.25, -0.2) is 0 Å². The van der Waals surface area contributed by atoms with Gasteiger partial charge in [-0.3, -0.25) is 9.79 Å². The number of anilines is 1. The van der Waals surface area contributed by atoms with Gasteiger partial charge in [0.05, 0.1) is 6.26 Å². The van der Waals surface area contributed by atoms with Gasteiger partial charge >= 0.3 is 0 Å². The fourth-order valence-electron chi connectivity index (χ4n) is 2.19. The summed E-state index contributed by atoms with van der Waals surface area (Å²) >= 11 is 0. The van der Waals surface area contributed by atoms with Crippen LogP contribution in [0.25, 0.3) is 0 Å². The molecule has 0 unspecified atom stereocenters. The van der Waals surface area contributed by atoms with Crippen LogP contribution in [-0.2, 0) is 11.3 Å². The Morgan fingerprint density at radius 1 is 1.23 bits per heavy atom. The molecule has 26 heavy (non-hydrogen) atoms. The van der Waals surface area contributed by atoms with Crippen molar-refractivity contribution in [1.29, 1.82) is 0 Å². The molecule has 0 saturated carbocycles. The maximum absolute atomic E-state index is 12.0. The molecule has 0 saturated heterocycles. The Morgan fingerprint density at radius 2 is 2.08 bits per heavy atom. The summed E-state index contributed by atoms with van der Waals surface area (Å²) < 4.78 is 10.1. The fraction of sp³-hybridized carbons (Fsp3) is 0.333. The van der Waals surface area contributed by atoms with Crippen LogP contribution in [0.5, 0.6) is 0 Å². The molecule has 8 heteroatoms. The highest BCUT2D eigenvalue weighted by atomic mass is 127. The van der Waals surface area contributed by atoms with Crippen LogP contribution in [0.15, 0.2) is 52.1 Å². The van der Waals surface area contributed by atoms with E-state index in [1.165, 1.54) is 6.26 Å². The lowest BCUT2D eigenvalue weighted by atomic mass is 10.2. The minimum Gasteiger partial charge on any atom is -0.459 e. The first kappa shape index (κ1) is 22.0. The van der Waals surface area contributed by atoms with Crippen LogP contribution in [0.4, 0.5) is 5.69 Å². The second-order valence-corrected chi connectivity index (χ2v) is 5.33. The van der Waals surface area contributed by atoms with Gasteiger partial charge < -0.3 is 25.1 Å². The molecule has 1 aromatic carbocycles. The number of nitrogens with one attached hydrogen (secondary N) is 3. The first-order valence-corrected chi connectivity index (χ1v) is 8.10. The van der Waals surface area contributed by atoms with Crippen LogP contribution in [0.1, 0.15) is 22.5 Å². The predicted molar refractivity (Wildman–Crippen MR) is 113 cm³/mol. The van der Waals surface area contributed by atoms with E-state index < -0.39 is 0 Å². The molecule has 3 N–H and O–H groups in total. The van der Waals surface area contributed by atoms with Gasteiger partial charge in [-0.2, -0.15) is 0 Å². The Kier molecular flexibility index (Phi) is 10.4. The molecular formula is C18H25IN4O3. The van der Waals surface area contributed by atoms with Crippen molar-refractivity contribution in [1.82, 2.24) is 10.6 Å². The van der Waals surface area contributed by atoms with Crippen molar-refractivity contribution in [2.24, 2.45) is 4.99 Å². The largest absolute Gasteiger partial charge is 0.459 e. The highest BCUT2D eigenvalue weighted by molar-refractivity contribution is 14.0. The molecular weight excluding hydrogens is 447 g/mol. The summed E-state index contributed by atoms with van der Waals surface area (Å²) in [7, 11) is 3.41. The number of nitrogens with zero attached hydrogens (tertiary/aromatic N) is 1. The molecule has 1 amide bonds. The van der Waals surface area contributed by atoms with Crippen LogP contribution in [0.3, 0.4) is 0 Å². The summed E-state index contributed by atoms with van der Waals surface area (Å²) in [6.45, 7) is 2.09. The number of benzene rings is 1. The molecule has 2 rings (SSSR count). The number of amides is 1. The van der Waals surface area contributed by atoms with Gasteiger partial charge in [-0.15, -0.1) is 24.0 Å². The lowest BCUT2D eigenvalue weighted by molar-refractivity contribution is 0.0996. The van der Waals surface area contributed by atoms with Crippen molar-refractivity contribution < 1.29 is 13.9 Å². The smallest absolute Gasteiger partial charge is 0.291 e. The van der Waals surface area contributed by atoms with E-state index in [9.17, 15) is 4.79 Å². The van der Waals surface area contributed by atoms with Crippen LogP contribution in [0, 0.1) is 0 Å². The number of hydrogen-bond donors (Lipinski definition) is 3. The van der Waals surface area contributed by atoms with E-state index in [0.717, 1.165) is 24.5 Å². The molecule has 0 aliphatic rings. The average molecular weight is 472 g/mol. The molecule has 0 fully saturated rings. The molecule has 1 heterocycles. The van der Waals surface area contributed by atoms with Gasteiger partial charge in [0, 0.05) is 39.5 Å². The summed E-state index contributed by atoms with van der Waals surface area (Å²) in [5.41, 5.74) is 1.74. The SMILES string of the molecule is CN=C(NCCCOC)NCc1cccc(NC(=O)c2ccco2)c1.I. The lowest BCUT2D eigenvalue weighted by Crippen LogP contribution is -2.37. The number of ether oxygens (including phenoxy) is 1. The average Bonchev–Trinajstić information content (AvgIpc) is 3.16. The highest BCUT2D eigenvalue weighted by Gasteiger charge is 2.08. The minimum atomic E-state index is -0.272. The van der Waals surface area contributed by atoms with Gasteiger partial charge in [-0.1, -0.05) is 12.1 Å². The molecule has 1 aromatic heterocycles. The third kappa shape index (κ3) is 7.44. The van der Waals surface area contributed by atoms with E-state index in [2.05, 4.69) is 20.9 Å². The number of guanidine groups is 1. The summed E-state index contributed by atoms with van der Waals surface area (Å²) in [6, 6.07) is 10.9. The summed E-state index contributed by atoms with van der Waals surface area (Å²) in [4.78, 5) is 16.2. The second kappa shape index (κ2) is 12.3. The molecule has 0 aliphatic carbocycles. The first-order chi connectivity index (χ1) is 12.2. The maximum atomic E-state index is 12.0.